The molecule has 0 aliphatic carbocycles. The SMILES string of the molecule is COc1cccc(OCCOc2c(Cl)cc(/C=C3\N=C(c4ccccc4)OC3=O)cc2OC)c1. The number of hydrogen-bond donors (Lipinski definition) is 0. The van der Waals surface area contributed by atoms with Crippen LogP contribution >= 0.6 is 11.6 Å². The van der Waals surface area contributed by atoms with Gasteiger partial charge in [-0.1, -0.05) is 35.9 Å². The Bertz CT molecular complexity index is 1240. The van der Waals surface area contributed by atoms with Crippen molar-refractivity contribution in [1.82, 2.24) is 0 Å². The summed E-state index contributed by atoms with van der Waals surface area (Å²) >= 11 is 6.45. The molecule has 34 heavy (non-hydrogen) atoms. The van der Waals surface area contributed by atoms with Crippen LogP contribution in [-0.4, -0.2) is 39.3 Å². The van der Waals surface area contributed by atoms with Crippen LogP contribution in [0.25, 0.3) is 6.08 Å². The number of benzene rings is 3. The van der Waals surface area contributed by atoms with E-state index in [2.05, 4.69) is 4.99 Å². The first-order valence-electron chi connectivity index (χ1n) is 10.4. The molecule has 0 unspecified atom stereocenters. The zero-order chi connectivity index (χ0) is 23.9. The van der Waals surface area contributed by atoms with E-state index in [1.807, 2.05) is 48.5 Å². The van der Waals surface area contributed by atoms with Crippen LogP contribution in [0, 0.1) is 0 Å². The highest BCUT2D eigenvalue weighted by atomic mass is 35.5. The van der Waals surface area contributed by atoms with Gasteiger partial charge in [-0.3, -0.25) is 0 Å². The van der Waals surface area contributed by atoms with Crippen molar-refractivity contribution >= 4 is 29.5 Å². The number of esters is 1. The van der Waals surface area contributed by atoms with Gasteiger partial charge in [0.25, 0.3) is 0 Å². The maximum atomic E-state index is 12.3. The van der Waals surface area contributed by atoms with Gasteiger partial charge in [-0.25, -0.2) is 9.79 Å². The number of nitrogens with zero attached hydrogens (tertiary/aromatic N) is 1. The second-order valence-electron chi connectivity index (χ2n) is 7.11. The summed E-state index contributed by atoms with van der Waals surface area (Å²) in [5, 5.41) is 0.325. The van der Waals surface area contributed by atoms with Crippen LogP contribution in [0.1, 0.15) is 11.1 Å². The fourth-order valence-electron chi connectivity index (χ4n) is 3.23. The molecule has 0 atom stereocenters. The van der Waals surface area contributed by atoms with Gasteiger partial charge in [0.2, 0.25) is 5.90 Å². The lowest BCUT2D eigenvalue weighted by Gasteiger charge is -2.14. The molecule has 1 aliphatic rings. The van der Waals surface area contributed by atoms with Crippen molar-refractivity contribution in [3.05, 3.63) is 88.6 Å². The van der Waals surface area contributed by atoms with Gasteiger partial charge in [-0.15, -0.1) is 0 Å². The normalized spacial score (nSPS) is 13.9. The topological polar surface area (TPSA) is 75.6 Å². The number of ether oxygens (including phenoxy) is 5. The molecule has 1 heterocycles. The highest BCUT2D eigenvalue weighted by Gasteiger charge is 2.24. The van der Waals surface area contributed by atoms with Crippen molar-refractivity contribution in [2.45, 2.75) is 0 Å². The van der Waals surface area contributed by atoms with Crippen molar-refractivity contribution in [2.75, 3.05) is 27.4 Å². The van der Waals surface area contributed by atoms with Crippen molar-refractivity contribution in [3.8, 4) is 23.0 Å². The van der Waals surface area contributed by atoms with Crippen molar-refractivity contribution in [1.29, 1.82) is 0 Å². The number of cyclic esters (lactones) is 1. The molecule has 0 N–H and O–H groups in total. The Morgan fingerprint density at radius 3 is 2.44 bits per heavy atom. The van der Waals surface area contributed by atoms with Crippen LogP contribution in [0.15, 0.2) is 77.4 Å². The van der Waals surface area contributed by atoms with E-state index in [0.717, 1.165) is 5.56 Å². The third kappa shape index (κ3) is 5.50. The summed E-state index contributed by atoms with van der Waals surface area (Å²) in [5.74, 6) is 1.89. The molecule has 3 aromatic rings. The molecule has 174 valence electrons. The zero-order valence-corrected chi connectivity index (χ0v) is 19.4. The highest BCUT2D eigenvalue weighted by molar-refractivity contribution is 6.32. The second-order valence-corrected chi connectivity index (χ2v) is 7.52. The molecule has 7 nitrogen and oxygen atoms in total. The Labute approximate surface area is 202 Å². The van der Waals surface area contributed by atoms with E-state index in [0.29, 0.717) is 40.2 Å². The number of carbonyl (C=O) groups is 1. The van der Waals surface area contributed by atoms with Crippen LogP contribution < -0.4 is 18.9 Å². The first-order valence-corrected chi connectivity index (χ1v) is 10.8. The minimum atomic E-state index is -0.538. The number of halogens is 1. The molecule has 0 spiro atoms. The largest absolute Gasteiger partial charge is 0.497 e. The van der Waals surface area contributed by atoms with E-state index in [1.165, 1.54) is 7.11 Å². The van der Waals surface area contributed by atoms with Gasteiger partial charge in [-0.05, 0) is 48.0 Å². The standard InChI is InChI=1S/C26H22ClNO6/c1-30-19-9-6-10-20(16-19)32-11-12-33-24-21(27)13-17(15-23(24)31-2)14-22-26(29)34-25(28-22)18-7-4-3-5-8-18/h3-10,13-16H,11-12H2,1-2H3/b22-14-. The van der Waals surface area contributed by atoms with Gasteiger partial charge in [0.05, 0.1) is 19.2 Å². The van der Waals surface area contributed by atoms with E-state index in [9.17, 15) is 4.79 Å². The Hall–Kier alpha value is -3.97. The smallest absolute Gasteiger partial charge is 0.363 e. The molecule has 4 rings (SSSR count). The molecule has 0 radical (unpaired) electrons. The van der Waals surface area contributed by atoms with Crippen LogP contribution in [0.3, 0.4) is 0 Å². The Balaban J connectivity index is 1.45. The average Bonchev–Trinajstić information content (AvgIpc) is 3.23. The average molecular weight is 480 g/mol. The predicted octanol–water partition coefficient (Wildman–Crippen LogP) is 5.16. The fraction of sp³-hybridized carbons (Fsp3) is 0.154. The fourth-order valence-corrected chi connectivity index (χ4v) is 3.50. The maximum absolute atomic E-state index is 12.3. The third-order valence-corrected chi connectivity index (χ3v) is 5.12. The molecule has 0 fully saturated rings. The van der Waals surface area contributed by atoms with E-state index < -0.39 is 5.97 Å². The lowest BCUT2D eigenvalue weighted by molar-refractivity contribution is -0.129. The molecule has 8 heteroatoms. The first-order chi connectivity index (χ1) is 16.6. The molecule has 0 aromatic heterocycles. The predicted molar refractivity (Wildman–Crippen MR) is 129 cm³/mol. The van der Waals surface area contributed by atoms with Crippen LogP contribution in [0.4, 0.5) is 0 Å². The van der Waals surface area contributed by atoms with E-state index >= 15 is 0 Å². The summed E-state index contributed by atoms with van der Waals surface area (Å²) in [6.45, 7) is 0.534. The van der Waals surface area contributed by atoms with Gasteiger partial charge < -0.3 is 23.7 Å². The van der Waals surface area contributed by atoms with Gasteiger partial charge in [-0.2, -0.15) is 0 Å². The van der Waals surface area contributed by atoms with E-state index in [-0.39, 0.29) is 18.2 Å². The van der Waals surface area contributed by atoms with Gasteiger partial charge in [0, 0.05) is 11.6 Å². The lowest BCUT2D eigenvalue weighted by atomic mass is 10.1. The summed E-state index contributed by atoms with van der Waals surface area (Å²) < 4.78 is 27.4. The molecule has 0 saturated carbocycles. The van der Waals surface area contributed by atoms with Crippen molar-refractivity contribution < 1.29 is 28.5 Å². The molecule has 0 amide bonds. The summed E-state index contributed by atoms with van der Waals surface area (Å²) in [4.78, 5) is 16.6. The van der Waals surface area contributed by atoms with Gasteiger partial charge in [0.15, 0.2) is 17.2 Å². The molecule has 3 aromatic carbocycles. The minimum absolute atomic E-state index is 0.164. The molecule has 0 saturated heterocycles. The van der Waals surface area contributed by atoms with Crippen LogP contribution in [-0.2, 0) is 9.53 Å². The monoisotopic (exact) mass is 479 g/mol. The second kappa shape index (κ2) is 10.8. The third-order valence-electron chi connectivity index (χ3n) is 4.84. The lowest BCUT2D eigenvalue weighted by Crippen LogP contribution is -2.10. The quantitative estimate of drug-likeness (QED) is 0.240. The number of carbonyl (C=O) groups excluding carboxylic acids is 1. The number of methoxy groups -OCH3 is 2. The Morgan fingerprint density at radius 2 is 1.68 bits per heavy atom. The number of hydrogen-bond acceptors (Lipinski definition) is 7. The molecule has 0 bridgehead atoms. The number of aliphatic imine (C=N–C) groups is 1. The van der Waals surface area contributed by atoms with E-state index in [1.54, 1.807) is 31.4 Å². The first kappa shape index (κ1) is 23.2. The summed E-state index contributed by atoms with van der Waals surface area (Å²) in [7, 11) is 3.11. The summed E-state index contributed by atoms with van der Waals surface area (Å²) in [5.41, 5.74) is 1.50. The minimum Gasteiger partial charge on any atom is -0.497 e. The summed E-state index contributed by atoms with van der Waals surface area (Å²) in [6, 6.07) is 19.9. The van der Waals surface area contributed by atoms with Gasteiger partial charge >= 0.3 is 5.97 Å². The van der Waals surface area contributed by atoms with Crippen molar-refractivity contribution in [3.63, 3.8) is 0 Å². The maximum Gasteiger partial charge on any atom is 0.363 e. The molecular weight excluding hydrogens is 458 g/mol. The van der Waals surface area contributed by atoms with Gasteiger partial charge in [0.1, 0.15) is 24.7 Å². The molecule has 1 aliphatic heterocycles. The Kier molecular flexibility index (Phi) is 7.34. The number of rotatable bonds is 9. The summed E-state index contributed by atoms with van der Waals surface area (Å²) in [6.07, 6.45) is 1.59. The zero-order valence-electron chi connectivity index (χ0n) is 18.6. The van der Waals surface area contributed by atoms with Crippen LogP contribution in [0.2, 0.25) is 5.02 Å². The molecular formula is C26H22ClNO6. The van der Waals surface area contributed by atoms with E-state index in [4.69, 9.17) is 35.3 Å². The van der Waals surface area contributed by atoms with Crippen LogP contribution in [0.5, 0.6) is 23.0 Å². The Morgan fingerprint density at radius 1 is 0.912 bits per heavy atom. The van der Waals surface area contributed by atoms with Crippen molar-refractivity contribution in [2.24, 2.45) is 4.99 Å². The highest BCUT2D eigenvalue weighted by Crippen LogP contribution is 2.37.